The Kier molecular flexibility index (Phi) is 23.2. The predicted molar refractivity (Wildman–Crippen MR) is 292 cm³/mol. The molecule has 0 heterocycles. The summed E-state index contributed by atoms with van der Waals surface area (Å²) in [6.45, 7) is 23.3. The molecule has 0 aromatic heterocycles. The summed E-state index contributed by atoms with van der Waals surface area (Å²) in [6, 6.07) is 41.8. The molecule has 2 aliphatic rings. The Morgan fingerprint density at radius 2 is 0.779 bits per heavy atom. The molecule has 0 bridgehead atoms. The minimum absolute atomic E-state index is 0. The molecule has 0 unspecified atom stereocenters. The van der Waals surface area contributed by atoms with E-state index in [2.05, 4.69) is 178 Å². The maximum absolute atomic E-state index is 2.53. The van der Waals surface area contributed by atoms with Crippen molar-refractivity contribution in [3.8, 4) is 22.3 Å². The van der Waals surface area contributed by atoms with Crippen LogP contribution in [-0.4, -0.2) is 5.43 Å². The normalized spacial score (nSPS) is 16.3. The van der Waals surface area contributed by atoms with Gasteiger partial charge >= 0.3 is 41.9 Å². The van der Waals surface area contributed by atoms with E-state index in [0.717, 1.165) is 0 Å². The molecular weight excluding hydrogens is 959 g/mol. The van der Waals surface area contributed by atoms with E-state index in [0.29, 0.717) is 10.8 Å². The molecule has 0 atom stereocenters. The Morgan fingerprint density at radius 1 is 0.471 bits per heavy atom. The summed E-state index contributed by atoms with van der Waals surface area (Å²) in [5.74, 6) is 0. The van der Waals surface area contributed by atoms with E-state index in [9.17, 15) is 0 Å². The van der Waals surface area contributed by atoms with Crippen LogP contribution in [0.2, 0.25) is 13.1 Å². The van der Waals surface area contributed by atoms with Crippen molar-refractivity contribution < 1.29 is 48.1 Å². The van der Waals surface area contributed by atoms with Crippen molar-refractivity contribution in [2.75, 3.05) is 0 Å². The molecule has 68 heavy (non-hydrogen) atoms. The fourth-order valence-corrected chi connectivity index (χ4v) is 12.3. The number of hydrogen-bond acceptors (Lipinski definition) is 0. The quantitative estimate of drug-likeness (QED) is 0.0947. The Morgan fingerprint density at radius 3 is 1.10 bits per heavy atom. The van der Waals surface area contributed by atoms with Crippen LogP contribution in [0.1, 0.15) is 193 Å². The molecule has 2 saturated carbocycles. The van der Waals surface area contributed by atoms with Gasteiger partial charge in [0.25, 0.3) is 0 Å². The Bertz CT molecular complexity index is 2260. The van der Waals surface area contributed by atoms with Gasteiger partial charge in [0.15, 0.2) is 0 Å². The van der Waals surface area contributed by atoms with E-state index in [1.807, 2.05) is 0 Å². The van der Waals surface area contributed by atoms with Crippen molar-refractivity contribution in [1.82, 2.24) is 0 Å². The molecule has 6 aromatic rings. The van der Waals surface area contributed by atoms with Crippen molar-refractivity contribution in [3.63, 3.8) is 0 Å². The zero-order valence-electron chi connectivity index (χ0n) is 44.3. The van der Waals surface area contributed by atoms with E-state index in [1.165, 1.54) is 183 Å². The van der Waals surface area contributed by atoms with E-state index in [-0.39, 0.29) is 41.1 Å². The van der Waals surface area contributed by atoms with Crippen LogP contribution in [0.15, 0.2) is 109 Å². The van der Waals surface area contributed by atoms with E-state index < -0.39 is 0 Å². The Hall–Kier alpha value is -2.22. The van der Waals surface area contributed by atoms with Gasteiger partial charge in [0.05, 0.1) is 0 Å². The summed E-state index contributed by atoms with van der Waals surface area (Å²) in [7, 11) is 0. The fraction of sp³-hybridized carbons (Fsp3) is 0.531. The van der Waals surface area contributed by atoms with Crippen LogP contribution in [0.25, 0.3) is 43.8 Å². The summed E-state index contributed by atoms with van der Waals surface area (Å²) in [4.78, 5) is 0. The molecule has 0 amide bonds. The second-order valence-corrected chi connectivity index (χ2v) is 32.7. The Labute approximate surface area is 444 Å². The third kappa shape index (κ3) is 15.9. The third-order valence-electron chi connectivity index (χ3n) is 15.2. The van der Waals surface area contributed by atoms with Crippen LogP contribution in [0, 0.1) is 10.8 Å². The molecule has 6 aromatic carbocycles. The average molecular weight is 1050 g/mol. The smallest absolute Gasteiger partial charge is 1.00 e. The Balaban J connectivity index is 0.000000268. The van der Waals surface area contributed by atoms with Crippen molar-refractivity contribution in [2.24, 2.45) is 10.8 Å². The minimum atomic E-state index is 0. The number of halogens is 2. The van der Waals surface area contributed by atoms with Gasteiger partial charge in [-0.3, -0.25) is 0 Å². The second-order valence-electron chi connectivity index (χ2n) is 23.3. The predicted octanol–water partition coefficient (Wildman–Crippen LogP) is 14.0. The molecular formula is C64H88Cl2SiZr-2. The number of rotatable bonds is 10. The van der Waals surface area contributed by atoms with Crippen LogP contribution >= 0.6 is 0 Å². The molecule has 2 fully saturated rings. The molecule has 0 radical (unpaired) electrons. The van der Waals surface area contributed by atoms with Crippen molar-refractivity contribution >= 4 is 27.0 Å². The largest absolute Gasteiger partial charge is 1.00 e. The summed E-state index contributed by atoms with van der Waals surface area (Å²) in [5.41, 5.74) is 13.1. The van der Waals surface area contributed by atoms with Crippen LogP contribution in [-0.2, 0) is 47.0 Å². The first kappa shape index (κ1) is 58.4. The monoisotopic (exact) mass is 1040 g/mol. The molecule has 4 heteroatoms. The van der Waals surface area contributed by atoms with Gasteiger partial charge < -0.3 is 24.8 Å². The molecule has 0 nitrogen and oxygen atoms in total. The van der Waals surface area contributed by atoms with Crippen LogP contribution in [0.4, 0.5) is 0 Å². The summed E-state index contributed by atoms with van der Waals surface area (Å²) < 4.78 is 0. The van der Waals surface area contributed by atoms with Crippen molar-refractivity contribution in [1.29, 1.82) is 0 Å². The van der Waals surface area contributed by atoms with Crippen molar-refractivity contribution in [3.05, 3.63) is 131 Å². The fourth-order valence-electron chi connectivity index (χ4n) is 12.3. The van der Waals surface area contributed by atoms with Crippen LogP contribution in [0.5, 0.6) is 0 Å². The van der Waals surface area contributed by atoms with Gasteiger partial charge in [-0.2, -0.15) is 12.1 Å². The zero-order valence-corrected chi connectivity index (χ0v) is 49.3. The molecule has 0 saturated heterocycles. The first-order valence-electron chi connectivity index (χ1n) is 26.7. The van der Waals surface area contributed by atoms with Crippen LogP contribution < -0.4 is 24.8 Å². The van der Waals surface area contributed by atoms with Gasteiger partial charge in [0.2, 0.25) is 0 Å². The minimum Gasteiger partial charge on any atom is -1.00 e. The number of hydrogen-bond donors (Lipinski definition) is 0. The van der Waals surface area contributed by atoms with Gasteiger partial charge in [-0.05, 0) is 95.3 Å². The number of benzene rings is 4. The maximum atomic E-state index is 2.53. The van der Waals surface area contributed by atoms with Gasteiger partial charge in [-0.15, -0.1) is 69.1 Å². The van der Waals surface area contributed by atoms with E-state index in [1.54, 1.807) is 34.5 Å². The van der Waals surface area contributed by atoms with Gasteiger partial charge in [-0.1, -0.05) is 204 Å². The maximum Gasteiger partial charge on any atom is -1.00 e. The first-order chi connectivity index (χ1) is 31.6. The van der Waals surface area contributed by atoms with Gasteiger partial charge in [-0.25, -0.2) is 0 Å². The SMILES string of the molecule is CCCC1(Cc2cc3c(-c4ccccc4C(C)(C)C)cccc3[cH-]2)CCCCCCC1.CCCC1(Cc2cc3c(-c4ccccc4C(C)(C)C)cccc3[cH-]2)CCCCCCC1.C[Si](C)=[Zr+2].[Cl-].[Cl-]. The summed E-state index contributed by atoms with van der Waals surface area (Å²) in [5, 5.41) is 5.70. The molecule has 368 valence electrons. The topological polar surface area (TPSA) is 0 Å². The third-order valence-corrected chi connectivity index (χ3v) is 15.2. The van der Waals surface area contributed by atoms with E-state index >= 15 is 0 Å². The second kappa shape index (κ2) is 27.0. The van der Waals surface area contributed by atoms with E-state index in [4.69, 9.17) is 0 Å². The zero-order chi connectivity index (χ0) is 47.4. The molecule has 0 N–H and O–H groups in total. The summed E-state index contributed by atoms with van der Waals surface area (Å²) in [6.07, 6.45) is 27.9. The standard InChI is InChI=1S/2C31H41.C2H6Si.2ClH.Zr/c2*1-5-18-31(19-11-7-6-8-12-20-31)23-24-21-25-14-13-16-26(28(25)22-24)27-15-9-10-17-29(27)30(2,3)4;1-3-2;;;/h2*9-10,13-17,21-22H,5-8,11-12,18-20,23H2,1-4H3;1-2H3;2*1H;/q2*-1;;;;+2/p-2. The molecule has 0 spiro atoms. The first-order valence-corrected chi connectivity index (χ1v) is 32.8. The molecule has 0 aliphatic heterocycles. The van der Waals surface area contributed by atoms with Gasteiger partial charge in [0, 0.05) is 0 Å². The molecule has 8 rings (SSSR count). The summed E-state index contributed by atoms with van der Waals surface area (Å²) >= 11 is 1.74. The average Bonchev–Trinajstić information content (AvgIpc) is 3.86. The molecule has 2 aliphatic carbocycles. The van der Waals surface area contributed by atoms with Crippen LogP contribution in [0.3, 0.4) is 0 Å². The van der Waals surface area contributed by atoms with Crippen molar-refractivity contribution in [2.45, 2.75) is 208 Å². The number of fused-ring (bicyclic) bond motifs is 2. The van der Waals surface area contributed by atoms with Gasteiger partial charge in [0.1, 0.15) is 0 Å².